The van der Waals surface area contributed by atoms with Crippen molar-refractivity contribution >= 4 is 0 Å². The van der Waals surface area contributed by atoms with Gasteiger partial charge in [-0.15, -0.1) is 0 Å². The summed E-state index contributed by atoms with van der Waals surface area (Å²) in [4.78, 5) is 0. The molecule has 5 heteroatoms. The van der Waals surface area contributed by atoms with E-state index in [1.54, 1.807) is 0 Å². The number of nitrogens with two attached hydrogens (primary N) is 1. The van der Waals surface area contributed by atoms with Crippen LogP contribution in [-0.4, -0.2) is 44.7 Å². The van der Waals surface area contributed by atoms with Gasteiger partial charge in [0.05, 0.1) is 12.2 Å². The molecule has 3 heterocycles. The molecule has 3 N–H and O–H groups in total. The van der Waals surface area contributed by atoms with E-state index in [1.165, 1.54) is 6.42 Å². The molecule has 3 aliphatic rings. The van der Waals surface area contributed by atoms with E-state index in [4.69, 9.17) is 20.1 Å². The Morgan fingerprint density at radius 1 is 1.00 bits per heavy atom. The summed E-state index contributed by atoms with van der Waals surface area (Å²) in [6.45, 7) is 4.28. The maximum atomic E-state index is 6.14. The molecule has 0 radical (unpaired) electrons. The minimum absolute atomic E-state index is 0.0474. The zero-order valence-corrected chi connectivity index (χ0v) is 12.3. The first kappa shape index (κ1) is 14.7. The second-order valence-corrected chi connectivity index (χ2v) is 6.57. The highest BCUT2D eigenvalue weighted by atomic mass is 16.5. The summed E-state index contributed by atoms with van der Waals surface area (Å²) >= 11 is 0. The maximum Gasteiger partial charge on any atom is 0.0729 e. The Kier molecular flexibility index (Phi) is 4.94. The van der Waals surface area contributed by atoms with Crippen LogP contribution >= 0.6 is 0 Å². The number of rotatable bonds is 3. The van der Waals surface area contributed by atoms with E-state index < -0.39 is 0 Å². The van der Waals surface area contributed by atoms with Gasteiger partial charge in [0.1, 0.15) is 0 Å². The molecule has 0 aliphatic carbocycles. The molecule has 3 unspecified atom stereocenters. The Bertz CT molecular complexity index is 296. The highest BCUT2D eigenvalue weighted by Crippen LogP contribution is 2.40. The molecule has 20 heavy (non-hydrogen) atoms. The normalized spacial score (nSPS) is 35.9. The molecule has 116 valence electrons. The number of hydrogen-bond acceptors (Lipinski definition) is 5. The zero-order valence-electron chi connectivity index (χ0n) is 12.3. The van der Waals surface area contributed by atoms with Gasteiger partial charge < -0.3 is 14.2 Å². The van der Waals surface area contributed by atoms with Crippen LogP contribution in [-0.2, 0) is 14.2 Å². The molecule has 1 spiro atoms. The summed E-state index contributed by atoms with van der Waals surface area (Å²) < 4.78 is 17.3. The predicted molar refractivity (Wildman–Crippen MR) is 76.1 cm³/mol. The number of nitrogens with one attached hydrogen (secondary N) is 1. The summed E-state index contributed by atoms with van der Waals surface area (Å²) in [5.74, 6) is 7.03. The summed E-state index contributed by atoms with van der Waals surface area (Å²) in [5.41, 5.74) is 3.14. The summed E-state index contributed by atoms with van der Waals surface area (Å²) in [6.07, 6.45) is 6.66. The Morgan fingerprint density at radius 3 is 2.55 bits per heavy atom. The fourth-order valence-electron chi connectivity index (χ4n) is 4.17. The van der Waals surface area contributed by atoms with Crippen LogP contribution in [0.25, 0.3) is 0 Å². The van der Waals surface area contributed by atoms with Crippen molar-refractivity contribution in [3.05, 3.63) is 0 Å². The van der Waals surface area contributed by atoms with Gasteiger partial charge in [0.15, 0.2) is 0 Å². The van der Waals surface area contributed by atoms with Crippen LogP contribution in [0.3, 0.4) is 0 Å². The molecule has 0 amide bonds. The van der Waals surface area contributed by atoms with Crippen LogP contribution < -0.4 is 11.3 Å². The SMILES string of the molecule is NNC(C1CCCOC1)C1CCOC2(CCOCC2)C1. The average Bonchev–Trinajstić information content (AvgIpc) is 2.50. The molecule has 0 bridgehead atoms. The van der Waals surface area contributed by atoms with Gasteiger partial charge in [0, 0.05) is 32.5 Å². The Morgan fingerprint density at radius 2 is 1.85 bits per heavy atom. The molecule has 0 saturated carbocycles. The van der Waals surface area contributed by atoms with Crippen LogP contribution in [0, 0.1) is 11.8 Å². The lowest BCUT2D eigenvalue weighted by Crippen LogP contribution is -2.54. The monoisotopic (exact) mass is 284 g/mol. The third-order valence-corrected chi connectivity index (χ3v) is 5.34. The molecule has 3 fully saturated rings. The van der Waals surface area contributed by atoms with Crippen LogP contribution in [0.5, 0.6) is 0 Å². The molecule has 3 aliphatic heterocycles. The standard InChI is InChI=1S/C15H28N2O3/c16-17-14(13-2-1-6-19-11-13)12-3-7-20-15(10-12)4-8-18-9-5-15/h12-14,17H,1-11,16H2. The van der Waals surface area contributed by atoms with E-state index in [0.29, 0.717) is 17.9 Å². The lowest BCUT2D eigenvalue weighted by Gasteiger charge is -2.46. The van der Waals surface area contributed by atoms with E-state index in [0.717, 1.165) is 65.1 Å². The van der Waals surface area contributed by atoms with Gasteiger partial charge in [-0.05, 0) is 50.4 Å². The van der Waals surface area contributed by atoms with E-state index >= 15 is 0 Å². The fraction of sp³-hybridized carbons (Fsp3) is 1.00. The van der Waals surface area contributed by atoms with Gasteiger partial charge in [-0.25, -0.2) is 0 Å². The van der Waals surface area contributed by atoms with E-state index in [-0.39, 0.29) is 5.60 Å². The van der Waals surface area contributed by atoms with Crippen molar-refractivity contribution in [3.63, 3.8) is 0 Å². The highest BCUT2D eigenvalue weighted by molar-refractivity contribution is 4.94. The van der Waals surface area contributed by atoms with Gasteiger partial charge >= 0.3 is 0 Å². The molecule has 5 nitrogen and oxygen atoms in total. The maximum absolute atomic E-state index is 6.14. The van der Waals surface area contributed by atoms with Crippen molar-refractivity contribution in [1.29, 1.82) is 0 Å². The van der Waals surface area contributed by atoms with Crippen LogP contribution in [0.15, 0.2) is 0 Å². The number of hydrogen-bond donors (Lipinski definition) is 2. The fourth-order valence-corrected chi connectivity index (χ4v) is 4.17. The van der Waals surface area contributed by atoms with Crippen molar-refractivity contribution in [2.24, 2.45) is 17.7 Å². The van der Waals surface area contributed by atoms with Crippen molar-refractivity contribution in [2.75, 3.05) is 33.0 Å². The Labute approximate surface area is 121 Å². The average molecular weight is 284 g/mol. The summed E-state index contributed by atoms with van der Waals surface area (Å²) in [7, 11) is 0. The van der Waals surface area contributed by atoms with Crippen molar-refractivity contribution in [3.8, 4) is 0 Å². The minimum atomic E-state index is 0.0474. The first-order valence-corrected chi connectivity index (χ1v) is 8.09. The molecular formula is C15H28N2O3. The van der Waals surface area contributed by atoms with Crippen molar-refractivity contribution in [2.45, 2.75) is 50.2 Å². The van der Waals surface area contributed by atoms with Gasteiger partial charge in [0.25, 0.3) is 0 Å². The lowest BCUT2D eigenvalue weighted by atomic mass is 9.74. The predicted octanol–water partition coefficient (Wildman–Crippen LogP) is 1.22. The highest BCUT2D eigenvalue weighted by Gasteiger charge is 2.42. The number of hydrazine groups is 1. The molecule has 0 aromatic heterocycles. The quantitative estimate of drug-likeness (QED) is 0.602. The Balaban J connectivity index is 1.64. The second kappa shape index (κ2) is 6.71. The van der Waals surface area contributed by atoms with Crippen molar-refractivity contribution in [1.82, 2.24) is 5.43 Å². The van der Waals surface area contributed by atoms with E-state index in [9.17, 15) is 0 Å². The molecule has 0 aromatic carbocycles. The van der Waals surface area contributed by atoms with Crippen LogP contribution in [0.2, 0.25) is 0 Å². The molecular weight excluding hydrogens is 256 g/mol. The van der Waals surface area contributed by atoms with E-state index in [1.807, 2.05) is 0 Å². The molecule has 0 aromatic rings. The zero-order chi connectivity index (χ0) is 13.8. The van der Waals surface area contributed by atoms with E-state index in [2.05, 4.69) is 5.43 Å². The van der Waals surface area contributed by atoms with Crippen molar-refractivity contribution < 1.29 is 14.2 Å². The van der Waals surface area contributed by atoms with Gasteiger partial charge in [-0.1, -0.05) is 0 Å². The van der Waals surface area contributed by atoms with Crippen LogP contribution in [0.4, 0.5) is 0 Å². The second-order valence-electron chi connectivity index (χ2n) is 6.57. The summed E-state index contributed by atoms with van der Waals surface area (Å²) in [6, 6.07) is 0.360. The molecule has 3 rings (SSSR count). The third kappa shape index (κ3) is 3.17. The van der Waals surface area contributed by atoms with Gasteiger partial charge in [0.2, 0.25) is 0 Å². The smallest absolute Gasteiger partial charge is 0.0729 e. The van der Waals surface area contributed by atoms with Crippen LogP contribution in [0.1, 0.15) is 38.5 Å². The number of ether oxygens (including phenoxy) is 3. The minimum Gasteiger partial charge on any atom is -0.381 e. The first-order valence-electron chi connectivity index (χ1n) is 8.09. The third-order valence-electron chi connectivity index (χ3n) is 5.34. The first-order chi connectivity index (χ1) is 9.83. The molecule has 3 atom stereocenters. The molecule has 3 saturated heterocycles. The van der Waals surface area contributed by atoms with Gasteiger partial charge in [-0.2, -0.15) is 0 Å². The topological polar surface area (TPSA) is 65.7 Å². The summed E-state index contributed by atoms with van der Waals surface area (Å²) in [5, 5.41) is 0. The van der Waals surface area contributed by atoms with Gasteiger partial charge in [-0.3, -0.25) is 11.3 Å². The lowest BCUT2D eigenvalue weighted by molar-refractivity contribution is -0.153. The largest absolute Gasteiger partial charge is 0.381 e. The Hall–Kier alpha value is -0.200.